The molecule has 0 N–H and O–H groups in total. The Bertz CT molecular complexity index is 1100. The van der Waals surface area contributed by atoms with Crippen molar-refractivity contribution in [3.05, 3.63) is 75.2 Å². The Morgan fingerprint density at radius 1 is 1.18 bits per heavy atom. The van der Waals surface area contributed by atoms with Crippen LogP contribution in [0, 0.1) is 6.92 Å². The molecule has 0 spiro atoms. The van der Waals surface area contributed by atoms with Crippen LogP contribution >= 0.6 is 0 Å². The SMILES string of the molecule is CCn1c(=O)c(C)nc2cc(C(=O)OCc3cccc(C(F)(F)F)c3)ccc21. The van der Waals surface area contributed by atoms with Crippen LogP contribution in [0.4, 0.5) is 13.2 Å². The molecule has 0 saturated heterocycles. The number of esters is 1. The molecule has 3 aromatic rings. The Balaban J connectivity index is 1.83. The predicted octanol–water partition coefficient (Wildman–Crippen LogP) is 4.10. The van der Waals surface area contributed by atoms with Gasteiger partial charge in [-0.05, 0) is 49.7 Å². The summed E-state index contributed by atoms with van der Waals surface area (Å²) < 4.78 is 45.0. The molecular weight excluding hydrogens is 373 g/mol. The standard InChI is InChI=1S/C20H17F3N2O3/c1-3-25-17-8-7-14(10-16(17)24-12(2)18(25)26)19(27)28-11-13-5-4-6-15(9-13)20(21,22)23/h4-10H,3,11H2,1-2H3. The zero-order valence-electron chi connectivity index (χ0n) is 15.2. The predicted molar refractivity (Wildman–Crippen MR) is 97.0 cm³/mol. The molecular formula is C20H17F3N2O3. The van der Waals surface area contributed by atoms with Gasteiger partial charge in [0.25, 0.3) is 5.56 Å². The number of aromatic nitrogens is 2. The van der Waals surface area contributed by atoms with Gasteiger partial charge in [-0.3, -0.25) is 4.79 Å². The second-order valence-corrected chi connectivity index (χ2v) is 6.22. The van der Waals surface area contributed by atoms with Crippen molar-refractivity contribution >= 4 is 17.0 Å². The molecule has 5 nitrogen and oxygen atoms in total. The van der Waals surface area contributed by atoms with Crippen LogP contribution in [0.5, 0.6) is 0 Å². The highest BCUT2D eigenvalue weighted by atomic mass is 19.4. The number of hydrogen-bond donors (Lipinski definition) is 0. The van der Waals surface area contributed by atoms with E-state index in [1.54, 1.807) is 17.6 Å². The number of fused-ring (bicyclic) bond motifs is 1. The van der Waals surface area contributed by atoms with Gasteiger partial charge < -0.3 is 9.30 Å². The van der Waals surface area contributed by atoms with Crippen molar-refractivity contribution in [1.82, 2.24) is 9.55 Å². The van der Waals surface area contributed by atoms with Crippen LogP contribution < -0.4 is 5.56 Å². The summed E-state index contributed by atoms with van der Waals surface area (Å²) >= 11 is 0. The lowest BCUT2D eigenvalue weighted by Gasteiger charge is -2.11. The molecule has 0 radical (unpaired) electrons. The van der Waals surface area contributed by atoms with Crippen molar-refractivity contribution in [1.29, 1.82) is 0 Å². The lowest BCUT2D eigenvalue weighted by molar-refractivity contribution is -0.137. The number of benzene rings is 2. The van der Waals surface area contributed by atoms with Gasteiger partial charge in [0.15, 0.2) is 0 Å². The van der Waals surface area contributed by atoms with E-state index in [-0.39, 0.29) is 23.3 Å². The summed E-state index contributed by atoms with van der Waals surface area (Å²) in [7, 11) is 0. The number of hydrogen-bond acceptors (Lipinski definition) is 4. The number of carbonyl (C=O) groups is 1. The number of aryl methyl sites for hydroxylation is 2. The molecule has 0 amide bonds. The highest BCUT2D eigenvalue weighted by Crippen LogP contribution is 2.29. The quantitative estimate of drug-likeness (QED) is 0.630. The minimum absolute atomic E-state index is 0.199. The molecule has 0 aliphatic rings. The molecule has 0 unspecified atom stereocenters. The normalized spacial score (nSPS) is 11.6. The molecule has 0 saturated carbocycles. The Kier molecular flexibility index (Phi) is 5.22. The average molecular weight is 390 g/mol. The minimum Gasteiger partial charge on any atom is -0.457 e. The number of nitrogens with zero attached hydrogens (tertiary/aromatic N) is 2. The summed E-state index contributed by atoms with van der Waals surface area (Å²) in [6, 6.07) is 9.22. The molecule has 3 rings (SSSR count). The topological polar surface area (TPSA) is 61.2 Å². The molecule has 0 fully saturated rings. The maximum absolute atomic E-state index is 12.8. The van der Waals surface area contributed by atoms with Crippen LogP contribution in [0.3, 0.4) is 0 Å². The molecule has 0 aliphatic carbocycles. The van der Waals surface area contributed by atoms with E-state index in [4.69, 9.17) is 4.74 Å². The average Bonchev–Trinajstić information content (AvgIpc) is 2.66. The number of alkyl halides is 3. The number of rotatable bonds is 4. The summed E-state index contributed by atoms with van der Waals surface area (Å²) in [4.78, 5) is 28.6. The smallest absolute Gasteiger partial charge is 0.416 e. The van der Waals surface area contributed by atoms with E-state index in [1.807, 2.05) is 6.92 Å². The highest BCUT2D eigenvalue weighted by Gasteiger charge is 2.30. The third-order valence-corrected chi connectivity index (χ3v) is 4.29. The summed E-state index contributed by atoms with van der Waals surface area (Å²) in [5, 5.41) is 0. The fourth-order valence-corrected chi connectivity index (χ4v) is 2.89. The van der Waals surface area contributed by atoms with Crippen molar-refractivity contribution in [3.8, 4) is 0 Å². The van der Waals surface area contributed by atoms with Crippen molar-refractivity contribution in [2.45, 2.75) is 33.2 Å². The highest BCUT2D eigenvalue weighted by molar-refractivity contribution is 5.93. The van der Waals surface area contributed by atoms with Gasteiger partial charge in [-0.1, -0.05) is 12.1 Å². The second kappa shape index (κ2) is 7.46. The Hall–Kier alpha value is -3.16. The van der Waals surface area contributed by atoms with Crippen molar-refractivity contribution in [3.63, 3.8) is 0 Å². The third kappa shape index (κ3) is 3.90. The van der Waals surface area contributed by atoms with Gasteiger partial charge in [0.2, 0.25) is 0 Å². The third-order valence-electron chi connectivity index (χ3n) is 4.29. The van der Waals surface area contributed by atoms with Gasteiger partial charge in [-0.25, -0.2) is 9.78 Å². The lowest BCUT2D eigenvalue weighted by Crippen LogP contribution is -2.23. The summed E-state index contributed by atoms with van der Waals surface area (Å²) in [6.07, 6.45) is -4.46. The Morgan fingerprint density at radius 2 is 1.93 bits per heavy atom. The molecule has 28 heavy (non-hydrogen) atoms. The molecule has 0 atom stereocenters. The van der Waals surface area contributed by atoms with E-state index in [2.05, 4.69) is 4.98 Å². The number of ether oxygens (including phenoxy) is 1. The molecule has 8 heteroatoms. The van der Waals surface area contributed by atoms with Gasteiger partial charge in [0, 0.05) is 6.54 Å². The number of halogens is 3. The molecule has 0 bridgehead atoms. The first-order chi connectivity index (χ1) is 13.2. The van der Waals surface area contributed by atoms with Crippen LogP contribution in [0.15, 0.2) is 47.3 Å². The van der Waals surface area contributed by atoms with Gasteiger partial charge in [0.05, 0.1) is 22.2 Å². The van der Waals surface area contributed by atoms with Crippen LogP contribution in [-0.4, -0.2) is 15.5 Å². The molecule has 0 aliphatic heterocycles. The van der Waals surface area contributed by atoms with E-state index < -0.39 is 17.7 Å². The fourth-order valence-electron chi connectivity index (χ4n) is 2.89. The van der Waals surface area contributed by atoms with E-state index in [0.29, 0.717) is 23.3 Å². The van der Waals surface area contributed by atoms with E-state index >= 15 is 0 Å². The maximum atomic E-state index is 12.8. The molecule has 146 valence electrons. The van der Waals surface area contributed by atoms with Crippen LogP contribution in [-0.2, 0) is 24.1 Å². The first-order valence-corrected chi connectivity index (χ1v) is 8.55. The van der Waals surface area contributed by atoms with Gasteiger partial charge >= 0.3 is 12.1 Å². The Morgan fingerprint density at radius 3 is 2.61 bits per heavy atom. The van der Waals surface area contributed by atoms with E-state index in [9.17, 15) is 22.8 Å². The monoisotopic (exact) mass is 390 g/mol. The molecule has 1 heterocycles. The van der Waals surface area contributed by atoms with Crippen molar-refractivity contribution in [2.75, 3.05) is 0 Å². The zero-order chi connectivity index (χ0) is 20.5. The summed E-state index contributed by atoms with van der Waals surface area (Å²) in [5.41, 5.74) is 0.799. The van der Waals surface area contributed by atoms with E-state index in [0.717, 1.165) is 12.1 Å². The van der Waals surface area contributed by atoms with Crippen molar-refractivity contribution < 1.29 is 22.7 Å². The van der Waals surface area contributed by atoms with Crippen LogP contribution in [0.2, 0.25) is 0 Å². The minimum atomic E-state index is -4.46. The van der Waals surface area contributed by atoms with E-state index in [1.165, 1.54) is 24.3 Å². The summed E-state index contributed by atoms with van der Waals surface area (Å²) in [6.45, 7) is 3.59. The van der Waals surface area contributed by atoms with Crippen LogP contribution in [0.25, 0.3) is 11.0 Å². The first-order valence-electron chi connectivity index (χ1n) is 8.55. The lowest BCUT2D eigenvalue weighted by atomic mass is 10.1. The largest absolute Gasteiger partial charge is 0.457 e. The fraction of sp³-hybridized carbons (Fsp3) is 0.250. The van der Waals surface area contributed by atoms with Crippen LogP contribution in [0.1, 0.15) is 34.1 Å². The maximum Gasteiger partial charge on any atom is 0.416 e. The second-order valence-electron chi connectivity index (χ2n) is 6.22. The van der Waals surface area contributed by atoms with Gasteiger partial charge in [0.1, 0.15) is 12.3 Å². The zero-order valence-corrected chi connectivity index (χ0v) is 15.2. The Labute approximate surface area is 158 Å². The summed E-state index contributed by atoms with van der Waals surface area (Å²) in [5.74, 6) is -0.687. The molecule has 2 aromatic carbocycles. The molecule has 1 aromatic heterocycles. The first kappa shape index (κ1) is 19.6. The number of carbonyl (C=O) groups excluding carboxylic acids is 1. The van der Waals surface area contributed by atoms with Crippen molar-refractivity contribution in [2.24, 2.45) is 0 Å². The van der Waals surface area contributed by atoms with Gasteiger partial charge in [-0.15, -0.1) is 0 Å². The van der Waals surface area contributed by atoms with Gasteiger partial charge in [-0.2, -0.15) is 13.2 Å².